The number of rotatable bonds is 19. The molecule has 0 aliphatic carbocycles. The Bertz CT molecular complexity index is 264. The van der Waals surface area contributed by atoms with Crippen LogP contribution in [-0.4, -0.2) is 32.8 Å². The summed E-state index contributed by atoms with van der Waals surface area (Å²) in [5.41, 5.74) is 5.46. The number of hydrogen-bond donors (Lipinski definition) is 2. The summed E-state index contributed by atoms with van der Waals surface area (Å²) >= 11 is 0. The van der Waals surface area contributed by atoms with Crippen molar-refractivity contribution in [2.24, 2.45) is 5.73 Å². The summed E-state index contributed by atoms with van der Waals surface area (Å²) in [6.07, 6.45) is 25.3. The minimum Gasteiger partial charge on any atom is -0.377 e. The van der Waals surface area contributed by atoms with Crippen LogP contribution < -0.4 is 11.1 Å². The lowest BCUT2D eigenvalue weighted by molar-refractivity contribution is 0.475. The lowest BCUT2D eigenvalue weighted by Gasteiger charge is -2.03. The molecule has 1 rings (SSSR count). The van der Waals surface area contributed by atoms with Crippen molar-refractivity contribution in [2.75, 3.05) is 32.8 Å². The van der Waals surface area contributed by atoms with Crippen molar-refractivity contribution in [3.63, 3.8) is 0 Å². The molecule has 1 aliphatic heterocycles. The van der Waals surface area contributed by atoms with Gasteiger partial charge in [0.15, 0.2) is 0 Å². The Hall–Kier alpha value is -0.380. The minimum absolute atomic E-state index is 0.806. The van der Waals surface area contributed by atoms with Crippen LogP contribution in [0.5, 0.6) is 0 Å². The quantitative estimate of drug-likeness (QED) is 0.167. The highest BCUT2D eigenvalue weighted by atomic mass is 16.6. The van der Waals surface area contributed by atoms with Gasteiger partial charge in [-0.25, -0.2) is 0 Å². The molecule has 3 heteroatoms. The molecule has 0 amide bonds. The molecule has 0 spiro atoms. The fraction of sp³-hybridized carbons (Fsp3) is 0.913. The normalized spacial score (nSPS) is 13.0. The summed E-state index contributed by atoms with van der Waals surface area (Å²) in [7, 11) is 0. The zero-order valence-electron chi connectivity index (χ0n) is 17.8. The van der Waals surface area contributed by atoms with Crippen molar-refractivity contribution >= 4 is 0 Å². The van der Waals surface area contributed by atoms with Crippen molar-refractivity contribution in [1.29, 1.82) is 0 Å². The second-order valence-corrected chi connectivity index (χ2v) is 7.44. The van der Waals surface area contributed by atoms with Crippen molar-refractivity contribution in [1.82, 2.24) is 5.32 Å². The number of unbranched alkanes of at least 4 members (excludes halogenated alkanes) is 12. The van der Waals surface area contributed by atoms with E-state index in [1.165, 1.54) is 96.4 Å². The molecule has 3 N–H and O–H groups in total. The Kier molecular flexibility index (Phi) is 24.3. The molecule has 1 aliphatic rings. The fourth-order valence-corrected chi connectivity index (χ4v) is 2.85. The van der Waals surface area contributed by atoms with E-state index in [9.17, 15) is 0 Å². The monoisotopic (exact) mass is 368 g/mol. The van der Waals surface area contributed by atoms with Crippen LogP contribution in [-0.2, 0) is 4.74 Å². The summed E-state index contributed by atoms with van der Waals surface area (Å²) in [5, 5.41) is 3.45. The smallest absolute Gasteiger partial charge is 0.0701 e. The topological polar surface area (TPSA) is 50.6 Å². The van der Waals surface area contributed by atoms with Crippen LogP contribution in [0.15, 0.2) is 12.2 Å². The molecule has 0 unspecified atom stereocenters. The molecule has 26 heavy (non-hydrogen) atoms. The third-order valence-corrected chi connectivity index (χ3v) is 4.63. The van der Waals surface area contributed by atoms with Crippen LogP contribution in [0.25, 0.3) is 0 Å². The molecule has 0 aromatic heterocycles. The molecule has 156 valence electrons. The third kappa shape index (κ3) is 28.4. The van der Waals surface area contributed by atoms with Gasteiger partial charge < -0.3 is 15.8 Å². The molecule has 0 aromatic rings. The van der Waals surface area contributed by atoms with Gasteiger partial charge in [0.05, 0.1) is 13.2 Å². The van der Waals surface area contributed by atoms with Gasteiger partial charge in [-0.3, -0.25) is 0 Å². The summed E-state index contributed by atoms with van der Waals surface area (Å²) in [6, 6.07) is 0. The standard InChI is InChI=1S/C21H44N2.C2H4O/c1-2-3-4-5-6-7-8-9-10-11-12-13-14-15-16-17-20-23-21-18-19-22;1-2-3-1/h9-10,23H,2-8,11-22H2,1H3;1-2H2/b10-9-;. The van der Waals surface area contributed by atoms with Crippen molar-refractivity contribution in [3.8, 4) is 0 Å². The molecule has 0 aromatic carbocycles. The van der Waals surface area contributed by atoms with E-state index < -0.39 is 0 Å². The molecular weight excluding hydrogens is 320 g/mol. The largest absolute Gasteiger partial charge is 0.377 e. The highest BCUT2D eigenvalue weighted by Crippen LogP contribution is 2.09. The summed E-state index contributed by atoms with van der Waals surface area (Å²) in [6.45, 7) is 7.34. The van der Waals surface area contributed by atoms with Crippen molar-refractivity contribution < 1.29 is 4.74 Å². The van der Waals surface area contributed by atoms with E-state index in [2.05, 4.69) is 29.1 Å². The Balaban J connectivity index is 0.00000187. The number of epoxide rings is 1. The first kappa shape index (κ1) is 25.6. The van der Waals surface area contributed by atoms with Crippen LogP contribution in [0, 0.1) is 0 Å². The van der Waals surface area contributed by atoms with E-state index in [0.717, 1.165) is 32.7 Å². The Labute approximate surface area is 164 Å². The molecule has 0 saturated carbocycles. The minimum atomic E-state index is 0.806. The molecule has 3 nitrogen and oxygen atoms in total. The second kappa shape index (κ2) is 24.6. The van der Waals surface area contributed by atoms with Gasteiger partial charge in [0.1, 0.15) is 0 Å². The van der Waals surface area contributed by atoms with E-state index in [1.807, 2.05) is 0 Å². The van der Waals surface area contributed by atoms with Crippen LogP contribution in [0.3, 0.4) is 0 Å². The number of ether oxygens (including phenoxy) is 1. The molecule has 0 atom stereocenters. The lowest BCUT2D eigenvalue weighted by atomic mass is 10.1. The second-order valence-electron chi connectivity index (χ2n) is 7.44. The lowest BCUT2D eigenvalue weighted by Crippen LogP contribution is -2.19. The Morgan fingerprint density at radius 1 is 0.692 bits per heavy atom. The molecule has 0 bridgehead atoms. The highest BCUT2D eigenvalue weighted by Gasteiger charge is 1.94. The number of nitrogens with one attached hydrogen (secondary N) is 1. The van der Waals surface area contributed by atoms with Gasteiger partial charge in [0, 0.05) is 0 Å². The molecule has 1 fully saturated rings. The molecule has 1 heterocycles. The third-order valence-electron chi connectivity index (χ3n) is 4.63. The number of nitrogens with two attached hydrogens (primary N) is 1. The number of hydrogen-bond acceptors (Lipinski definition) is 3. The molecule has 1 saturated heterocycles. The van der Waals surface area contributed by atoms with Crippen LogP contribution in [0.4, 0.5) is 0 Å². The fourth-order valence-electron chi connectivity index (χ4n) is 2.85. The van der Waals surface area contributed by atoms with Crippen molar-refractivity contribution in [2.45, 2.75) is 103 Å². The summed E-state index contributed by atoms with van der Waals surface area (Å²) in [5.74, 6) is 0. The van der Waals surface area contributed by atoms with Gasteiger partial charge in [-0.2, -0.15) is 0 Å². The summed E-state index contributed by atoms with van der Waals surface area (Å²) in [4.78, 5) is 0. The highest BCUT2D eigenvalue weighted by molar-refractivity contribution is 4.81. The van der Waals surface area contributed by atoms with Crippen LogP contribution >= 0.6 is 0 Å². The SMILES string of the molecule is C1CO1.CCCCCCCC/C=C\CCCCCCCCNCCCN. The Morgan fingerprint density at radius 3 is 1.65 bits per heavy atom. The molecular formula is C23H48N2O. The van der Waals surface area contributed by atoms with Crippen molar-refractivity contribution in [3.05, 3.63) is 12.2 Å². The van der Waals surface area contributed by atoms with E-state index >= 15 is 0 Å². The predicted octanol–water partition coefficient (Wildman–Crippen LogP) is 5.98. The maximum absolute atomic E-state index is 5.46. The predicted molar refractivity (Wildman–Crippen MR) is 117 cm³/mol. The number of allylic oxidation sites excluding steroid dienone is 2. The first-order valence-corrected chi connectivity index (χ1v) is 11.5. The average molecular weight is 369 g/mol. The molecule has 0 radical (unpaired) electrons. The van der Waals surface area contributed by atoms with Gasteiger partial charge in [-0.05, 0) is 58.2 Å². The van der Waals surface area contributed by atoms with E-state index in [1.54, 1.807) is 0 Å². The van der Waals surface area contributed by atoms with Crippen LogP contribution in [0.1, 0.15) is 103 Å². The van der Waals surface area contributed by atoms with Gasteiger partial charge in [0.2, 0.25) is 0 Å². The van der Waals surface area contributed by atoms with E-state index in [0.29, 0.717) is 0 Å². The average Bonchev–Trinajstić information content (AvgIpc) is 3.53. The first-order chi connectivity index (χ1) is 12.9. The van der Waals surface area contributed by atoms with Gasteiger partial charge >= 0.3 is 0 Å². The zero-order chi connectivity index (χ0) is 19.0. The van der Waals surface area contributed by atoms with Crippen LogP contribution in [0.2, 0.25) is 0 Å². The van der Waals surface area contributed by atoms with E-state index in [4.69, 9.17) is 5.73 Å². The summed E-state index contributed by atoms with van der Waals surface area (Å²) < 4.78 is 4.50. The van der Waals surface area contributed by atoms with Gasteiger partial charge in [0.25, 0.3) is 0 Å². The zero-order valence-corrected chi connectivity index (χ0v) is 17.8. The van der Waals surface area contributed by atoms with E-state index in [-0.39, 0.29) is 0 Å². The maximum atomic E-state index is 5.46. The van der Waals surface area contributed by atoms with Gasteiger partial charge in [-0.15, -0.1) is 0 Å². The Morgan fingerprint density at radius 2 is 1.15 bits per heavy atom. The first-order valence-electron chi connectivity index (χ1n) is 11.5. The van der Waals surface area contributed by atoms with Gasteiger partial charge in [-0.1, -0.05) is 76.9 Å². The maximum Gasteiger partial charge on any atom is 0.0701 e.